The molecule has 118 valence electrons. The normalized spacial score (nSPS) is 14.5. The number of nitrogens with zero attached hydrogens (tertiary/aromatic N) is 3. The monoisotopic (exact) mass is 320 g/mol. The number of rotatable bonds is 5. The van der Waals surface area contributed by atoms with Gasteiger partial charge in [-0.15, -0.1) is 11.3 Å². The molecule has 0 atom stereocenters. The number of hydrogen-bond acceptors (Lipinski definition) is 6. The van der Waals surface area contributed by atoms with E-state index in [-0.39, 0.29) is 5.91 Å². The molecule has 7 heteroatoms. The van der Waals surface area contributed by atoms with Gasteiger partial charge in [-0.3, -0.25) is 4.79 Å². The summed E-state index contributed by atoms with van der Waals surface area (Å²) < 4.78 is 5.31. The van der Waals surface area contributed by atoms with E-state index in [0.717, 1.165) is 30.3 Å². The molecule has 1 aliphatic heterocycles. The smallest absolute Gasteiger partial charge is 0.289 e. The number of carbonyl (C=O) groups excluding carboxylic acids is 1. The Hall–Kier alpha value is -1.89. The summed E-state index contributed by atoms with van der Waals surface area (Å²) in [5.74, 6) is 0.596. The second-order valence-corrected chi connectivity index (χ2v) is 6.31. The van der Waals surface area contributed by atoms with Gasteiger partial charge < -0.3 is 14.6 Å². The lowest BCUT2D eigenvalue weighted by Gasteiger charge is -2.12. The van der Waals surface area contributed by atoms with E-state index in [9.17, 15) is 4.79 Å². The van der Waals surface area contributed by atoms with Gasteiger partial charge in [0, 0.05) is 38.4 Å². The highest BCUT2D eigenvalue weighted by molar-refractivity contribution is 7.13. The number of aryl methyl sites for hydroxylation is 2. The van der Waals surface area contributed by atoms with Crippen LogP contribution in [0.25, 0.3) is 0 Å². The fraction of sp³-hybridized carbons (Fsp3) is 0.533. The fourth-order valence-electron chi connectivity index (χ4n) is 2.59. The number of thiazole rings is 1. The molecule has 2 aromatic rings. The molecular formula is C15H20N4O2S. The summed E-state index contributed by atoms with van der Waals surface area (Å²) in [6.45, 7) is 6.26. The van der Waals surface area contributed by atoms with Crippen LogP contribution in [0, 0.1) is 13.8 Å². The summed E-state index contributed by atoms with van der Waals surface area (Å²) in [4.78, 5) is 23.1. The SMILES string of the molecule is Cc1nc(C)c(C(=O)NCCc2csc(N3CCCC3)n2)o1. The fourth-order valence-corrected chi connectivity index (χ4v) is 3.50. The molecule has 22 heavy (non-hydrogen) atoms. The molecule has 0 radical (unpaired) electrons. The lowest BCUT2D eigenvalue weighted by molar-refractivity contribution is 0.0924. The van der Waals surface area contributed by atoms with Crippen molar-refractivity contribution in [2.45, 2.75) is 33.1 Å². The summed E-state index contributed by atoms with van der Waals surface area (Å²) in [7, 11) is 0. The van der Waals surface area contributed by atoms with Crippen molar-refractivity contribution in [3.8, 4) is 0 Å². The van der Waals surface area contributed by atoms with Gasteiger partial charge in [0.15, 0.2) is 11.0 Å². The highest BCUT2D eigenvalue weighted by Gasteiger charge is 2.17. The van der Waals surface area contributed by atoms with Crippen molar-refractivity contribution in [1.82, 2.24) is 15.3 Å². The largest absolute Gasteiger partial charge is 0.436 e. The quantitative estimate of drug-likeness (QED) is 0.915. The molecule has 2 aromatic heterocycles. The number of carbonyl (C=O) groups is 1. The highest BCUT2D eigenvalue weighted by atomic mass is 32.1. The second kappa shape index (κ2) is 6.48. The molecule has 3 rings (SSSR count). The minimum absolute atomic E-state index is 0.215. The lowest BCUT2D eigenvalue weighted by Crippen LogP contribution is -2.26. The molecule has 0 bridgehead atoms. The van der Waals surface area contributed by atoms with Gasteiger partial charge in [0.05, 0.1) is 11.4 Å². The van der Waals surface area contributed by atoms with E-state index in [1.165, 1.54) is 12.8 Å². The van der Waals surface area contributed by atoms with Crippen molar-refractivity contribution >= 4 is 22.4 Å². The molecule has 1 saturated heterocycles. The first-order valence-electron chi connectivity index (χ1n) is 7.55. The third-order valence-corrected chi connectivity index (χ3v) is 4.64. The zero-order valence-electron chi connectivity index (χ0n) is 12.9. The molecule has 0 saturated carbocycles. The Bertz CT molecular complexity index is 658. The van der Waals surface area contributed by atoms with Gasteiger partial charge in [-0.2, -0.15) is 0 Å². The van der Waals surface area contributed by atoms with Crippen LogP contribution in [0.5, 0.6) is 0 Å². The van der Waals surface area contributed by atoms with E-state index in [2.05, 4.69) is 25.6 Å². The Kier molecular flexibility index (Phi) is 4.42. The molecule has 6 nitrogen and oxygen atoms in total. The first-order chi connectivity index (χ1) is 10.6. The topological polar surface area (TPSA) is 71.3 Å². The van der Waals surface area contributed by atoms with Crippen molar-refractivity contribution in [1.29, 1.82) is 0 Å². The van der Waals surface area contributed by atoms with Crippen LogP contribution < -0.4 is 10.2 Å². The maximum Gasteiger partial charge on any atom is 0.289 e. The molecule has 1 fully saturated rings. The molecule has 0 aliphatic carbocycles. The second-order valence-electron chi connectivity index (χ2n) is 5.47. The Balaban J connectivity index is 1.50. The van der Waals surface area contributed by atoms with Gasteiger partial charge in [0.2, 0.25) is 5.76 Å². The van der Waals surface area contributed by atoms with Gasteiger partial charge >= 0.3 is 0 Å². The van der Waals surface area contributed by atoms with Crippen LogP contribution in [0.2, 0.25) is 0 Å². The number of oxazole rings is 1. The Morgan fingerprint density at radius 2 is 2.14 bits per heavy atom. The minimum atomic E-state index is -0.215. The van der Waals surface area contributed by atoms with E-state index < -0.39 is 0 Å². The summed E-state index contributed by atoms with van der Waals surface area (Å²) in [5.41, 5.74) is 1.65. The van der Waals surface area contributed by atoms with Crippen molar-refractivity contribution in [3.05, 3.63) is 28.4 Å². The number of nitrogens with one attached hydrogen (secondary N) is 1. The van der Waals surface area contributed by atoms with Crippen LogP contribution >= 0.6 is 11.3 Å². The van der Waals surface area contributed by atoms with Crippen LogP contribution in [-0.4, -0.2) is 35.5 Å². The van der Waals surface area contributed by atoms with Crippen LogP contribution in [0.15, 0.2) is 9.80 Å². The molecule has 1 aliphatic rings. The standard InChI is InChI=1S/C15H20N4O2S/c1-10-13(21-11(2)17-10)14(20)16-6-5-12-9-22-15(18-12)19-7-3-4-8-19/h9H,3-8H2,1-2H3,(H,16,20). The van der Waals surface area contributed by atoms with Gasteiger partial charge in [0.25, 0.3) is 5.91 Å². The Morgan fingerprint density at radius 1 is 1.36 bits per heavy atom. The molecule has 1 N–H and O–H groups in total. The van der Waals surface area contributed by atoms with E-state index in [4.69, 9.17) is 4.42 Å². The predicted octanol–water partition coefficient (Wildman–Crippen LogP) is 2.32. The van der Waals surface area contributed by atoms with E-state index in [1.807, 2.05) is 0 Å². The van der Waals surface area contributed by atoms with Crippen LogP contribution in [0.1, 0.15) is 40.7 Å². The van der Waals surface area contributed by atoms with Crippen molar-refractivity contribution < 1.29 is 9.21 Å². The average molecular weight is 320 g/mol. The van der Waals surface area contributed by atoms with Crippen molar-refractivity contribution in [3.63, 3.8) is 0 Å². The van der Waals surface area contributed by atoms with Gasteiger partial charge in [0.1, 0.15) is 0 Å². The maximum absolute atomic E-state index is 12.0. The summed E-state index contributed by atoms with van der Waals surface area (Å²) in [5, 5.41) is 6.03. The molecule has 1 amide bonds. The molecular weight excluding hydrogens is 300 g/mol. The molecule has 0 unspecified atom stereocenters. The van der Waals surface area contributed by atoms with Crippen LogP contribution in [0.4, 0.5) is 5.13 Å². The molecule has 3 heterocycles. The van der Waals surface area contributed by atoms with Crippen molar-refractivity contribution in [2.24, 2.45) is 0 Å². The van der Waals surface area contributed by atoms with Gasteiger partial charge in [-0.1, -0.05) is 0 Å². The zero-order chi connectivity index (χ0) is 15.5. The Morgan fingerprint density at radius 3 is 2.82 bits per heavy atom. The zero-order valence-corrected chi connectivity index (χ0v) is 13.7. The van der Waals surface area contributed by atoms with Crippen LogP contribution in [0.3, 0.4) is 0 Å². The van der Waals surface area contributed by atoms with Gasteiger partial charge in [-0.05, 0) is 19.8 Å². The third-order valence-electron chi connectivity index (χ3n) is 3.69. The first-order valence-corrected chi connectivity index (χ1v) is 8.43. The third kappa shape index (κ3) is 3.30. The first kappa shape index (κ1) is 15.0. The van der Waals surface area contributed by atoms with Crippen molar-refractivity contribution in [2.75, 3.05) is 24.5 Å². The molecule has 0 aromatic carbocycles. The minimum Gasteiger partial charge on any atom is -0.436 e. The maximum atomic E-state index is 12.0. The van der Waals surface area contributed by atoms with E-state index in [0.29, 0.717) is 23.9 Å². The van der Waals surface area contributed by atoms with E-state index in [1.54, 1.807) is 25.2 Å². The summed E-state index contributed by atoms with van der Waals surface area (Å²) >= 11 is 1.68. The summed E-state index contributed by atoms with van der Waals surface area (Å²) in [6.07, 6.45) is 3.23. The number of anilines is 1. The van der Waals surface area contributed by atoms with E-state index >= 15 is 0 Å². The van der Waals surface area contributed by atoms with Crippen LogP contribution in [-0.2, 0) is 6.42 Å². The average Bonchev–Trinajstić information content (AvgIpc) is 3.19. The predicted molar refractivity (Wildman–Crippen MR) is 85.6 cm³/mol. The number of amides is 1. The highest BCUT2D eigenvalue weighted by Crippen LogP contribution is 2.24. The molecule has 0 spiro atoms. The number of aromatic nitrogens is 2. The lowest BCUT2D eigenvalue weighted by atomic mass is 10.3. The number of hydrogen-bond donors (Lipinski definition) is 1. The van der Waals surface area contributed by atoms with Gasteiger partial charge in [-0.25, -0.2) is 9.97 Å². The summed E-state index contributed by atoms with van der Waals surface area (Å²) in [6, 6.07) is 0. The Labute approximate surface area is 133 Å².